The van der Waals surface area contributed by atoms with Gasteiger partial charge in [0.15, 0.2) is 0 Å². The van der Waals surface area contributed by atoms with Gasteiger partial charge in [-0.2, -0.15) is 0 Å². The number of allylic oxidation sites excluding steroid dienone is 2. The first-order valence-electron chi connectivity index (χ1n) is 8.78. The van der Waals surface area contributed by atoms with E-state index in [1.807, 2.05) is 55.5 Å². The lowest BCUT2D eigenvalue weighted by atomic mass is 10.0. The minimum atomic E-state index is -0.629. The topological polar surface area (TPSA) is 55.8 Å². The molecule has 142 valence electrons. The van der Waals surface area contributed by atoms with Gasteiger partial charge in [-0.15, -0.1) is 0 Å². The fourth-order valence-corrected chi connectivity index (χ4v) is 3.01. The molecule has 0 fully saturated rings. The minimum Gasteiger partial charge on any atom is -0.465 e. The summed E-state index contributed by atoms with van der Waals surface area (Å²) in [7, 11) is 2.56. The van der Waals surface area contributed by atoms with Gasteiger partial charge in [0, 0.05) is 11.8 Å². The van der Waals surface area contributed by atoms with Crippen LogP contribution in [0.5, 0.6) is 0 Å². The molecule has 5 heteroatoms. The van der Waals surface area contributed by atoms with Crippen LogP contribution in [0.4, 0.5) is 5.69 Å². The average Bonchev–Trinajstić information content (AvgIpc) is 2.96. The van der Waals surface area contributed by atoms with Crippen molar-refractivity contribution in [2.45, 2.75) is 6.92 Å². The summed E-state index contributed by atoms with van der Waals surface area (Å²) in [5, 5.41) is 0. The molecule has 0 radical (unpaired) electrons. The molecule has 5 nitrogen and oxygen atoms in total. The van der Waals surface area contributed by atoms with E-state index < -0.39 is 11.9 Å². The highest BCUT2D eigenvalue weighted by Gasteiger charge is 2.28. The number of anilines is 1. The molecule has 1 aliphatic rings. The maximum absolute atomic E-state index is 12.6. The molecule has 0 bridgehead atoms. The Labute approximate surface area is 164 Å². The normalized spacial score (nSPS) is 13.3. The number of benzene rings is 2. The van der Waals surface area contributed by atoms with E-state index in [2.05, 4.69) is 0 Å². The molecule has 0 spiro atoms. The van der Waals surface area contributed by atoms with E-state index in [0.29, 0.717) is 0 Å². The number of para-hydroxylation sites is 1. The van der Waals surface area contributed by atoms with E-state index in [1.54, 1.807) is 29.3 Å². The van der Waals surface area contributed by atoms with Gasteiger partial charge < -0.3 is 14.4 Å². The van der Waals surface area contributed by atoms with Crippen LogP contribution in [0.25, 0.3) is 11.1 Å². The number of methoxy groups -OCH3 is 2. The van der Waals surface area contributed by atoms with Crippen molar-refractivity contribution < 1.29 is 19.1 Å². The maximum Gasteiger partial charge on any atom is 0.355 e. The van der Waals surface area contributed by atoms with Crippen LogP contribution in [-0.4, -0.2) is 26.2 Å². The zero-order valence-electron chi connectivity index (χ0n) is 16.0. The van der Waals surface area contributed by atoms with Crippen LogP contribution in [0.15, 0.2) is 84.2 Å². The summed E-state index contributed by atoms with van der Waals surface area (Å²) in [5.74, 6) is -1.24. The van der Waals surface area contributed by atoms with Crippen LogP contribution in [0, 0.1) is 6.92 Å². The zero-order valence-corrected chi connectivity index (χ0v) is 16.0. The van der Waals surface area contributed by atoms with Crippen molar-refractivity contribution in [2.75, 3.05) is 19.1 Å². The second-order valence-corrected chi connectivity index (χ2v) is 6.20. The summed E-state index contributed by atoms with van der Waals surface area (Å²) in [6.45, 7) is 2.03. The fourth-order valence-electron chi connectivity index (χ4n) is 3.01. The second-order valence-electron chi connectivity index (χ2n) is 6.20. The Hall–Kier alpha value is -3.60. The molecule has 3 rings (SSSR count). The molecule has 28 heavy (non-hydrogen) atoms. The summed E-state index contributed by atoms with van der Waals surface area (Å²) >= 11 is 0. The quantitative estimate of drug-likeness (QED) is 0.752. The van der Waals surface area contributed by atoms with Crippen LogP contribution in [-0.2, 0) is 19.1 Å². The molecule has 0 aromatic heterocycles. The highest BCUT2D eigenvalue weighted by Crippen LogP contribution is 2.35. The van der Waals surface area contributed by atoms with Crippen LogP contribution >= 0.6 is 0 Å². The number of hydrogen-bond acceptors (Lipinski definition) is 5. The van der Waals surface area contributed by atoms with Gasteiger partial charge in [-0.05, 0) is 30.7 Å². The van der Waals surface area contributed by atoms with E-state index in [9.17, 15) is 9.59 Å². The molecule has 2 aromatic rings. The summed E-state index contributed by atoms with van der Waals surface area (Å²) in [6.07, 6.45) is 6.71. The van der Waals surface area contributed by atoms with Gasteiger partial charge in [-0.3, -0.25) is 0 Å². The summed E-state index contributed by atoms with van der Waals surface area (Å²) in [6, 6.07) is 15.8. The number of rotatable bonds is 4. The van der Waals surface area contributed by atoms with Gasteiger partial charge in [0.05, 0.1) is 25.5 Å². The first-order valence-corrected chi connectivity index (χ1v) is 8.78. The van der Waals surface area contributed by atoms with Crippen molar-refractivity contribution in [3.05, 3.63) is 89.8 Å². The number of carbonyl (C=O) groups excluding carboxylic acids is 2. The molecule has 0 aliphatic carbocycles. The predicted octanol–water partition coefficient (Wildman–Crippen LogP) is 4.15. The van der Waals surface area contributed by atoms with E-state index in [-0.39, 0.29) is 11.3 Å². The smallest absolute Gasteiger partial charge is 0.355 e. The molecule has 0 unspecified atom stereocenters. The number of aryl methyl sites for hydroxylation is 1. The fraction of sp³-hybridized carbons (Fsp3) is 0.130. The van der Waals surface area contributed by atoms with Crippen molar-refractivity contribution in [3.8, 4) is 11.1 Å². The van der Waals surface area contributed by atoms with Gasteiger partial charge in [0.25, 0.3) is 0 Å². The van der Waals surface area contributed by atoms with Crippen LogP contribution in [0.2, 0.25) is 0 Å². The lowest BCUT2D eigenvalue weighted by molar-refractivity contribution is -0.139. The SMILES string of the molecule is COC(=O)C1=C(C(=O)OC)N(c2ccccc2-c2ccc(C)cc2)C=CC=C1. The highest BCUT2D eigenvalue weighted by molar-refractivity contribution is 6.06. The van der Waals surface area contributed by atoms with Crippen molar-refractivity contribution in [2.24, 2.45) is 0 Å². The van der Waals surface area contributed by atoms with E-state index in [0.717, 1.165) is 22.4 Å². The first kappa shape index (κ1) is 19.2. The monoisotopic (exact) mass is 375 g/mol. The molecule has 2 aromatic carbocycles. The number of nitrogens with zero attached hydrogens (tertiary/aromatic N) is 1. The van der Waals surface area contributed by atoms with Crippen molar-refractivity contribution in [1.82, 2.24) is 0 Å². The molecule has 0 amide bonds. The van der Waals surface area contributed by atoms with Crippen LogP contribution < -0.4 is 4.90 Å². The number of esters is 2. The third-order valence-electron chi connectivity index (χ3n) is 4.42. The number of hydrogen-bond donors (Lipinski definition) is 0. The zero-order chi connectivity index (χ0) is 20.1. The first-order chi connectivity index (χ1) is 13.6. The molecular formula is C23H21NO4. The molecule has 1 heterocycles. The Morgan fingerprint density at radius 1 is 0.857 bits per heavy atom. The molecule has 0 saturated carbocycles. The summed E-state index contributed by atoms with van der Waals surface area (Å²) < 4.78 is 9.84. The molecule has 1 aliphatic heterocycles. The molecule has 0 saturated heterocycles. The van der Waals surface area contributed by atoms with Gasteiger partial charge in [-0.25, -0.2) is 9.59 Å². The molecule has 0 N–H and O–H groups in total. The van der Waals surface area contributed by atoms with E-state index >= 15 is 0 Å². The lowest BCUT2D eigenvalue weighted by Crippen LogP contribution is -2.27. The Morgan fingerprint density at radius 3 is 2.21 bits per heavy atom. The molecule has 0 atom stereocenters. The second kappa shape index (κ2) is 8.39. The average molecular weight is 375 g/mol. The van der Waals surface area contributed by atoms with Crippen LogP contribution in [0.1, 0.15) is 5.56 Å². The Morgan fingerprint density at radius 2 is 1.54 bits per heavy atom. The Balaban J connectivity index is 2.23. The van der Waals surface area contributed by atoms with Gasteiger partial charge in [0.1, 0.15) is 5.70 Å². The Kier molecular flexibility index (Phi) is 5.75. The van der Waals surface area contributed by atoms with Gasteiger partial charge in [0.2, 0.25) is 0 Å². The maximum atomic E-state index is 12.6. The third kappa shape index (κ3) is 3.74. The van der Waals surface area contributed by atoms with Gasteiger partial charge in [-0.1, -0.05) is 54.1 Å². The lowest BCUT2D eigenvalue weighted by Gasteiger charge is -2.25. The largest absolute Gasteiger partial charge is 0.465 e. The summed E-state index contributed by atoms with van der Waals surface area (Å²) in [4.78, 5) is 26.6. The van der Waals surface area contributed by atoms with Crippen molar-refractivity contribution >= 4 is 17.6 Å². The summed E-state index contributed by atoms with van der Waals surface area (Å²) in [5.41, 5.74) is 4.03. The third-order valence-corrected chi connectivity index (χ3v) is 4.42. The van der Waals surface area contributed by atoms with Crippen LogP contribution in [0.3, 0.4) is 0 Å². The van der Waals surface area contributed by atoms with E-state index in [4.69, 9.17) is 9.47 Å². The Bertz CT molecular complexity index is 984. The standard InChI is InChI=1S/C23H21NO4/c1-16-11-13-17(14-12-16)18-8-4-5-10-20(18)24-15-7-6-9-19(22(25)27-2)21(24)23(26)28-3/h4-15H,1-3H3. The number of ether oxygens (including phenoxy) is 2. The molecular weight excluding hydrogens is 354 g/mol. The highest BCUT2D eigenvalue weighted by atomic mass is 16.5. The van der Waals surface area contributed by atoms with Crippen molar-refractivity contribution in [1.29, 1.82) is 0 Å². The minimum absolute atomic E-state index is 0.0962. The van der Waals surface area contributed by atoms with Gasteiger partial charge >= 0.3 is 11.9 Å². The predicted molar refractivity (Wildman–Crippen MR) is 108 cm³/mol. The van der Waals surface area contributed by atoms with Crippen molar-refractivity contribution in [3.63, 3.8) is 0 Å². The number of carbonyl (C=O) groups is 2. The van der Waals surface area contributed by atoms with E-state index in [1.165, 1.54) is 14.2 Å².